The number of aromatic amines is 1. The summed E-state index contributed by atoms with van der Waals surface area (Å²) in [5.41, 5.74) is 4.23. The van der Waals surface area contributed by atoms with Gasteiger partial charge in [-0.3, -0.25) is 9.78 Å². The Hall–Kier alpha value is -3.26. The number of aromatic nitrogens is 3. The lowest BCUT2D eigenvalue weighted by Crippen LogP contribution is -2.15. The molecule has 23 heavy (non-hydrogen) atoms. The number of H-pyrrole nitrogens is 1. The number of hydrogen-bond donors (Lipinski definition) is 1. The van der Waals surface area contributed by atoms with Crippen LogP contribution in [0.3, 0.4) is 0 Å². The molecule has 5 heteroatoms. The summed E-state index contributed by atoms with van der Waals surface area (Å²) in [6.07, 6.45) is 2.63. The molecule has 0 fully saturated rings. The summed E-state index contributed by atoms with van der Waals surface area (Å²) < 4.78 is 0. The second-order valence-corrected chi connectivity index (χ2v) is 5.49. The predicted octanol–water partition coefficient (Wildman–Crippen LogP) is 2.88. The van der Waals surface area contributed by atoms with Gasteiger partial charge < -0.3 is 4.98 Å². The molecule has 5 nitrogen and oxygen atoms in total. The lowest BCUT2D eigenvalue weighted by molar-refractivity contribution is 0.915. The van der Waals surface area contributed by atoms with Crippen molar-refractivity contribution in [2.24, 2.45) is 0 Å². The summed E-state index contributed by atoms with van der Waals surface area (Å²) in [7, 11) is 0. The van der Waals surface area contributed by atoms with E-state index in [1.54, 1.807) is 6.07 Å². The minimum absolute atomic E-state index is 0.164. The molecule has 0 aliphatic heterocycles. The van der Waals surface area contributed by atoms with E-state index in [4.69, 9.17) is 6.57 Å². The zero-order chi connectivity index (χ0) is 15.8. The van der Waals surface area contributed by atoms with Gasteiger partial charge in [-0.25, -0.2) is 9.83 Å². The van der Waals surface area contributed by atoms with Gasteiger partial charge in [0.05, 0.1) is 23.5 Å². The molecule has 110 valence electrons. The highest BCUT2D eigenvalue weighted by atomic mass is 16.1. The number of hydrogen-bond acceptors (Lipinski definition) is 3. The van der Waals surface area contributed by atoms with Gasteiger partial charge in [0.2, 0.25) is 5.69 Å². The van der Waals surface area contributed by atoms with E-state index in [0.29, 0.717) is 35.6 Å². The second kappa shape index (κ2) is 5.18. The van der Waals surface area contributed by atoms with Crippen LogP contribution in [0.4, 0.5) is 5.69 Å². The van der Waals surface area contributed by atoms with Gasteiger partial charge >= 0.3 is 0 Å². The van der Waals surface area contributed by atoms with E-state index in [-0.39, 0.29) is 5.56 Å². The lowest BCUT2D eigenvalue weighted by Gasteiger charge is -2.04. The average Bonchev–Trinajstić information content (AvgIpc) is 2.93. The molecule has 0 unspecified atom stereocenters. The normalized spacial score (nSPS) is 11.6. The van der Waals surface area contributed by atoms with Gasteiger partial charge in [-0.2, -0.15) is 0 Å². The third-order valence-corrected chi connectivity index (χ3v) is 3.93. The zero-order valence-corrected chi connectivity index (χ0v) is 12.2. The molecule has 3 aromatic rings. The Bertz CT molecular complexity index is 1000. The van der Waals surface area contributed by atoms with E-state index < -0.39 is 0 Å². The van der Waals surface area contributed by atoms with Crippen molar-refractivity contribution in [3.8, 4) is 11.3 Å². The van der Waals surface area contributed by atoms with Gasteiger partial charge in [-0.05, 0) is 17.2 Å². The molecule has 0 atom stereocenters. The van der Waals surface area contributed by atoms with Crippen molar-refractivity contribution in [3.05, 3.63) is 87.0 Å². The zero-order valence-electron chi connectivity index (χ0n) is 12.2. The van der Waals surface area contributed by atoms with Crippen molar-refractivity contribution in [3.63, 3.8) is 0 Å². The number of rotatable bonds is 2. The van der Waals surface area contributed by atoms with Crippen LogP contribution in [0.1, 0.15) is 22.6 Å². The Balaban J connectivity index is 1.76. The van der Waals surface area contributed by atoms with Gasteiger partial charge in [-0.1, -0.05) is 30.3 Å². The lowest BCUT2D eigenvalue weighted by atomic mass is 10.1. The van der Waals surface area contributed by atoms with Gasteiger partial charge in [-0.15, -0.1) is 0 Å². The van der Waals surface area contributed by atoms with E-state index in [1.807, 2.05) is 30.3 Å². The average molecular weight is 300 g/mol. The highest BCUT2D eigenvalue weighted by molar-refractivity contribution is 5.72. The largest absolute Gasteiger partial charge is 0.310 e. The van der Waals surface area contributed by atoms with Crippen LogP contribution in [0.25, 0.3) is 16.1 Å². The molecule has 0 radical (unpaired) electrons. The van der Waals surface area contributed by atoms with Crippen molar-refractivity contribution >= 4 is 5.69 Å². The van der Waals surface area contributed by atoms with Crippen LogP contribution >= 0.6 is 0 Å². The third-order valence-electron chi connectivity index (χ3n) is 3.93. The summed E-state index contributed by atoms with van der Waals surface area (Å²) in [6.45, 7) is 7.07. The molecule has 2 aromatic heterocycles. The molecule has 0 bridgehead atoms. The molecule has 2 heterocycles. The summed E-state index contributed by atoms with van der Waals surface area (Å²) in [5, 5.41) is 0. The fourth-order valence-corrected chi connectivity index (χ4v) is 2.92. The highest BCUT2D eigenvalue weighted by Gasteiger charge is 2.25. The first-order valence-corrected chi connectivity index (χ1v) is 7.27. The number of nitrogens with one attached hydrogen (secondary N) is 1. The van der Waals surface area contributed by atoms with E-state index in [2.05, 4.69) is 19.8 Å². The SMILES string of the molecule is [C-]#[N+]c1cnc2c(c1)Cc1nc(Cc3ccccc3)[nH]c(=O)c1-2. The molecule has 0 saturated carbocycles. The Morgan fingerprint density at radius 2 is 2.09 bits per heavy atom. The molecule has 1 aliphatic rings. The molecule has 1 aromatic carbocycles. The monoisotopic (exact) mass is 300 g/mol. The van der Waals surface area contributed by atoms with E-state index >= 15 is 0 Å². The summed E-state index contributed by atoms with van der Waals surface area (Å²) in [6, 6.07) is 11.7. The predicted molar refractivity (Wildman–Crippen MR) is 86.4 cm³/mol. The number of nitrogens with zero attached hydrogens (tertiary/aromatic N) is 3. The molecule has 1 aliphatic carbocycles. The Kier molecular flexibility index (Phi) is 3.02. The third kappa shape index (κ3) is 2.30. The van der Waals surface area contributed by atoms with Crippen molar-refractivity contribution in [2.45, 2.75) is 12.8 Å². The van der Waals surface area contributed by atoms with Crippen molar-refractivity contribution in [2.75, 3.05) is 0 Å². The Morgan fingerprint density at radius 1 is 1.26 bits per heavy atom. The van der Waals surface area contributed by atoms with Crippen LogP contribution in [0, 0.1) is 6.57 Å². The van der Waals surface area contributed by atoms with Crippen LogP contribution in [0.5, 0.6) is 0 Å². The number of pyridine rings is 1. The van der Waals surface area contributed by atoms with Gasteiger partial charge in [0.1, 0.15) is 5.82 Å². The van der Waals surface area contributed by atoms with Crippen LogP contribution in [-0.4, -0.2) is 15.0 Å². The van der Waals surface area contributed by atoms with Gasteiger partial charge in [0.25, 0.3) is 5.56 Å². The summed E-state index contributed by atoms with van der Waals surface area (Å²) in [4.78, 5) is 27.6. The summed E-state index contributed by atoms with van der Waals surface area (Å²) in [5.74, 6) is 0.651. The van der Waals surface area contributed by atoms with Crippen molar-refractivity contribution in [1.29, 1.82) is 0 Å². The second-order valence-electron chi connectivity index (χ2n) is 5.49. The minimum Gasteiger partial charge on any atom is -0.310 e. The first-order valence-electron chi connectivity index (χ1n) is 7.27. The fraction of sp³-hybridized carbons (Fsp3) is 0.111. The summed E-state index contributed by atoms with van der Waals surface area (Å²) >= 11 is 0. The molecule has 4 rings (SSSR count). The van der Waals surface area contributed by atoms with E-state index in [0.717, 1.165) is 16.8 Å². The molecule has 0 amide bonds. The maximum absolute atomic E-state index is 12.4. The van der Waals surface area contributed by atoms with Crippen LogP contribution in [0.15, 0.2) is 47.4 Å². The Labute approximate surface area is 132 Å². The van der Waals surface area contributed by atoms with E-state index in [9.17, 15) is 4.79 Å². The van der Waals surface area contributed by atoms with Crippen molar-refractivity contribution in [1.82, 2.24) is 15.0 Å². The number of benzene rings is 1. The van der Waals surface area contributed by atoms with Crippen LogP contribution in [-0.2, 0) is 12.8 Å². The quantitative estimate of drug-likeness (QED) is 0.579. The maximum Gasteiger partial charge on any atom is 0.260 e. The maximum atomic E-state index is 12.4. The van der Waals surface area contributed by atoms with Gasteiger partial charge in [0, 0.05) is 19.0 Å². The molecule has 0 saturated heterocycles. The standard InChI is InChI=1S/C18H12N4O/c1-19-13-8-12-9-14-16(17(12)20-10-13)18(23)22-15(21-14)7-11-5-3-2-4-6-11/h2-6,8,10H,7,9H2,(H,21,22,23). The molecule has 0 spiro atoms. The molecule has 1 N–H and O–H groups in total. The minimum atomic E-state index is -0.164. The molecular weight excluding hydrogens is 288 g/mol. The van der Waals surface area contributed by atoms with Gasteiger partial charge in [0.15, 0.2) is 0 Å². The van der Waals surface area contributed by atoms with E-state index in [1.165, 1.54) is 6.20 Å². The number of fused-ring (bicyclic) bond motifs is 3. The topological polar surface area (TPSA) is 63.0 Å². The fourth-order valence-electron chi connectivity index (χ4n) is 2.92. The Morgan fingerprint density at radius 3 is 2.87 bits per heavy atom. The van der Waals surface area contributed by atoms with Crippen LogP contribution < -0.4 is 5.56 Å². The van der Waals surface area contributed by atoms with Crippen molar-refractivity contribution < 1.29 is 0 Å². The molecular formula is C18H12N4O. The highest BCUT2D eigenvalue weighted by Crippen LogP contribution is 2.33. The smallest absolute Gasteiger partial charge is 0.260 e. The first kappa shape index (κ1) is 13.4. The van der Waals surface area contributed by atoms with Crippen LogP contribution in [0.2, 0.25) is 0 Å². The first-order chi connectivity index (χ1) is 11.2.